The van der Waals surface area contributed by atoms with Crippen LogP contribution in [0.1, 0.15) is 59.3 Å². The quantitative estimate of drug-likeness (QED) is 0.481. The minimum absolute atomic E-state index is 0.0822. The molecule has 1 saturated carbocycles. The molecule has 1 amide bonds. The lowest BCUT2D eigenvalue weighted by Crippen LogP contribution is -2.27. The molecule has 1 aromatic rings. The second kappa shape index (κ2) is 9.61. The van der Waals surface area contributed by atoms with Gasteiger partial charge in [0.2, 0.25) is 5.91 Å². The van der Waals surface area contributed by atoms with E-state index >= 15 is 0 Å². The third kappa shape index (κ3) is 6.81. The Kier molecular flexibility index (Phi) is 7.78. The third-order valence-electron chi connectivity index (χ3n) is 4.83. The summed E-state index contributed by atoms with van der Waals surface area (Å²) in [5.41, 5.74) is 4.12. The van der Waals surface area contributed by atoms with Crippen molar-refractivity contribution in [3.05, 3.63) is 28.2 Å². The molecule has 1 fully saturated rings. The minimum atomic E-state index is -0.0822. The molecule has 2 rings (SSSR count). The number of carbonyl (C=O) groups is 1. The Hall–Kier alpha value is -1.26. The van der Waals surface area contributed by atoms with E-state index in [-0.39, 0.29) is 5.91 Å². The number of halogens is 2. The van der Waals surface area contributed by atoms with E-state index < -0.39 is 0 Å². The van der Waals surface area contributed by atoms with Crippen molar-refractivity contribution in [2.75, 3.05) is 6.61 Å². The lowest BCUT2D eigenvalue weighted by molar-refractivity contribution is -0.121. The Morgan fingerprint density at radius 3 is 2.58 bits per heavy atom. The summed E-state index contributed by atoms with van der Waals surface area (Å²) in [6, 6.07) is 5.08. The normalized spacial score (nSPS) is 17.7. The molecule has 0 aliphatic heterocycles. The van der Waals surface area contributed by atoms with Crippen molar-refractivity contribution in [1.29, 1.82) is 0 Å². The average molecular weight is 399 g/mol. The highest BCUT2D eigenvalue weighted by Gasteiger charge is 2.28. The molecule has 1 aliphatic carbocycles. The molecule has 1 aromatic carbocycles. The van der Waals surface area contributed by atoms with Crippen LogP contribution in [-0.2, 0) is 4.79 Å². The van der Waals surface area contributed by atoms with Crippen LogP contribution in [0.4, 0.5) is 0 Å². The zero-order chi connectivity index (χ0) is 19.2. The van der Waals surface area contributed by atoms with Gasteiger partial charge in [0.15, 0.2) is 0 Å². The van der Waals surface area contributed by atoms with Crippen LogP contribution in [-0.4, -0.2) is 18.2 Å². The van der Waals surface area contributed by atoms with E-state index in [1.807, 2.05) is 0 Å². The van der Waals surface area contributed by atoms with Crippen LogP contribution >= 0.6 is 23.2 Å². The molecule has 26 heavy (non-hydrogen) atoms. The molecule has 6 heteroatoms. The zero-order valence-corrected chi connectivity index (χ0v) is 17.3. The van der Waals surface area contributed by atoms with Crippen molar-refractivity contribution in [2.45, 2.75) is 59.3 Å². The van der Waals surface area contributed by atoms with E-state index in [1.165, 1.54) is 0 Å². The zero-order valence-electron chi connectivity index (χ0n) is 15.8. The second-order valence-electron chi connectivity index (χ2n) is 7.88. The monoisotopic (exact) mass is 398 g/mol. The third-order valence-corrected chi connectivity index (χ3v) is 5.36. The first-order valence-corrected chi connectivity index (χ1v) is 9.93. The highest BCUT2D eigenvalue weighted by atomic mass is 35.5. The molecule has 1 aliphatic rings. The number of ether oxygens (including phenoxy) is 1. The van der Waals surface area contributed by atoms with E-state index in [0.29, 0.717) is 40.7 Å². The van der Waals surface area contributed by atoms with Gasteiger partial charge < -0.3 is 4.74 Å². The maximum Gasteiger partial charge on any atom is 0.240 e. The molecule has 144 valence electrons. The molecular formula is C20H28Cl2N2O2. The van der Waals surface area contributed by atoms with Gasteiger partial charge in [-0.05, 0) is 61.6 Å². The van der Waals surface area contributed by atoms with Crippen LogP contribution in [0.2, 0.25) is 10.0 Å². The predicted molar refractivity (Wildman–Crippen MR) is 108 cm³/mol. The number of hydrogen-bond acceptors (Lipinski definition) is 3. The molecule has 0 saturated heterocycles. The Bertz CT molecular complexity index is 644. The molecule has 0 spiro atoms. The Balaban J connectivity index is 1.65. The van der Waals surface area contributed by atoms with Crippen LogP contribution in [0.3, 0.4) is 0 Å². The van der Waals surface area contributed by atoms with Gasteiger partial charge in [0.05, 0.1) is 11.6 Å². The van der Waals surface area contributed by atoms with Gasteiger partial charge in [0.1, 0.15) is 5.75 Å². The van der Waals surface area contributed by atoms with E-state index in [9.17, 15) is 4.79 Å². The largest absolute Gasteiger partial charge is 0.492 e. The van der Waals surface area contributed by atoms with Crippen LogP contribution in [0.15, 0.2) is 23.3 Å². The first-order chi connectivity index (χ1) is 12.3. The number of amides is 1. The van der Waals surface area contributed by atoms with Crippen LogP contribution < -0.4 is 10.2 Å². The van der Waals surface area contributed by atoms with Crippen molar-refractivity contribution in [1.82, 2.24) is 5.43 Å². The van der Waals surface area contributed by atoms with Crippen molar-refractivity contribution >= 4 is 34.8 Å². The molecule has 4 nitrogen and oxygen atoms in total. The molecular weight excluding hydrogens is 371 g/mol. The topological polar surface area (TPSA) is 50.7 Å². The van der Waals surface area contributed by atoms with Gasteiger partial charge in [-0.1, -0.05) is 44.0 Å². The summed E-state index contributed by atoms with van der Waals surface area (Å²) in [5.74, 6) is 1.22. The number of hydrazone groups is 1. The van der Waals surface area contributed by atoms with Gasteiger partial charge in [0.25, 0.3) is 0 Å². The van der Waals surface area contributed by atoms with Crippen LogP contribution in [0.5, 0.6) is 5.75 Å². The van der Waals surface area contributed by atoms with Crippen LogP contribution in [0, 0.1) is 11.3 Å². The van der Waals surface area contributed by atoms with E-state index in [1.54, 1.807) is 18.2 Å². The Labute approximate surface area is 166 Å². The fourth-order valence-electron chi connectivity index (χ4n) is 3.13. The van der Waals surface area contributed by atoms with Gasteiger partial charge >= 0.3 is 0 Å². The van der Waals surface area contributed by atoms with Crippen LogP contribution in [0.25, 0.3) is 0 Å². The fraction of sp³-hybridized carbons (Fsp3) is 0.600. The summed E-state index contributed by atoms with van der Waals surface area (Å²) in [6.45, 7) is 7.29. The van der Waals surface area contributed by atoms with Crippen molar-refractivity contribution in [3.8, 4) is 5.75 Å². The summed E-state index contributed by atoms with van der Waals surface area (Å²) < 4.78 is 5.57. The maximum atomic E-state index is 11.9. The minimum Gasteiger partial charge on any atom is -0.492 e. The molecule has 0 bridgehead atoms. The van der Waals surface area contributed by atoms with E-state index in [4.69, 9.17) is 27.9 Å². The lowest BCUT2D eigenvalue weighted by Gasteiger charge is -2.34. The molecule has 0 unspecified atom stereocenters. The fourth-order valence-corrected chi connectivity index (χ4v) is 3.60. The second-order valence-corrected chi connectivity index (χ2v) is 8.72. The summed E-state index contributed by atoms with van der Waals surface area (Å²) in [6.07, 6.45) is 5.21. The van der Waals surface area contributed by atoms with Gasteiger partial charge in [-0.25, -0.2) is 5.43 Å². The predicted octanol–water partition coefficient (Wildman–Crippen LogP) is 5.86. The Morgan fingerprint density at radius 2 is 1.96 bits per heavy atom. The summed E-state index contributed by atoms with van der Waals surface area (Å²) >= 11 is 11.9. The Morgan fingerprint density at radius 1 is 1.27 bits per heavy atom. The van der Waals surface area contributed by atoms with Crippen molar-refractivity contribution < 1.29 is 9.53 Å². The van der Waals surface area contributed by atoms with Crippen molar-refractivity contribution in [2.24, 2.45) is 16.4 Å². The van der Waals surface area contributed by atoms with Gasteiger partial charge in [-0.3, -0.25) is 4.79 Å². The van der Waals surface area contributed by atoms with Crippen molar-refractivity contribution in [3.63, 3.8) is 0 Å². The van der Waals surface area contributed by atoms with E-state index in [2.05, 4.69) is 31.3 Å². The lowest BCUT2D eigenvalue weighted by atomic mass is 9.72. The summed E-state index contributed by atoms with van der Waals surface area (Å²) in [5, 5.41) is 5.34. The maximum absolute atomic E-state index is 11.9. The smallest absolute Gasteiger partial charge is 0.240 e. The number of nitrogens with zero attached hydrogens (tertiary/aromatic N) is 1. The molecule has 0 atom stereocenters. The highest BCUT2D eigenvalue weighted by Crippen LogP contribution is 2.36. The highest BCUT2D eigenvalue weighted by molar-refractivity contribution is 6.35. The average Bonchev–Trinajstić information content (AvgIpc) is 2.58. The number of benzene rings is 1. The van der Waals surface area contributed by atoms with Gasteiger partial charge in [-0.15, -0.1) is 0 Å². The van der Waals surface area contributed by atoms with E-state index in [0.717, 1.165) is 37.3 Å². The number of nitrogens with one attached hydrogen (secondary N) is 1. The molecule has 0 heterocycles. The first kappa shape index (κ1) is 21.0. The van der Waals surface area contributed by atoms with Gasteiger partial charge in [0, 0.05) is 17.2 Å². The molecule has 1 N–H and O–H groups in total. The standard InChI is InChI=1S/C20H28Cl2N2O2/c1-20(2,3)14-6-9-16(10-7-14)23-24-19(25)5-4-12-26-18-11-8-15(21)13-17(18)22/h8,11,13-14H,4-7,9-10,12H2,1-3H3,(H,24,25). The summed E-state index contributed by atoms with van der Waals surface area (Å²) in [4.78, 5) is 11.9. The first-order valence-electron chi connectivity index (χ1n) is 9.18. The number of carbonyl (C=O) groups excluding carboxylic acids is 1. The number of hydrogen-bond donors (Lipinski definition) is 1. The van der Waals surface area contributed by atoms with Gasteiger partial charge in [-0.2, -0.15) is 5.10 Å². The SMILES string of the molecule is CC(C)(C)C1CCC(=NNC(=O)CCCOc2ccc(Cl)cc2Cl)CC1. The molecule has 0 aromatic heterocycles. The number of rotatable bonds is 6. The molecule has 0 radical (unpaired) electrons. The summed E-state index contributed by atoms with van der Waals surface area (Å²) in [7, 11) is 0.